The highest BCUT2D eigenvalue weighted by Gasteiger charge is 2.07. The van der Waals surface area contributed by atoms with Crippen molar-refractivity contribution < 1.29 is 14.2 Å². The standard InChI is InChI=1S/C19H26N2O3/c1-15(2)24-17-9-8-16(13-18(17)22-3)14-20-10-6-12-23-19-7-4-5-11-21-19/h4-5,7-9,11,13,15,20H,6,10,12,14H2,1-3H3. The van der Waals surface area contributed by atoms with Crippen molar-refractivity contribution in [3.63, 3.8) is 0 Å². The van der Waals surface area contributed by atoms with Crippen LogP contribution in [0, 0.1) is 0 Å². The van der Waals surface area contributed by atoms with E-state index in [0.29, 0.717) is 12.5 Å². The van der Waals surface area contributed by atoms with Crippen LogP contribution in [0.25, 0.3) is 0 Å². The molecule has 1 aromatic heterocycles. The van der Waals surface area contributed by atoms with Gasteiger partial charge in [0.1, 0.15) is 0 Å². The van der Waals surface area contributed by atoms with Crippen molar-refractivity contribution in [1.29, 1.82) is 0 Å². The third-order valence-corrected chi connectivity index (χ3v) is 3.31. The van der Waals surface area contributed by atoms with E-state index in [4.69, 9.17) is 14.2 Å². The lowest BCUT2D eigenvalue weighted by molar-refractivity contribution is 0.230. The average Bonchev–Trinajstić information content (AvgIpc) is 2.59. The zero-order valence-corrected chi connectivity index (χ0v) is 14.6. The topological polar surface area (TPSA) is 52.6 Å². The summed E-state index contributed by atoms with van der Waals surface area (Å²) < 4.78 is 16.7. The normalized spacial score (nSPS) is 10.7. The third kappa shape index (κ3) is 6.08. The van der Waals surface area contributed by atoms with E-state index in [1.54, 1.807) is 13.3 Å². The second-order valence-corrected chi connectivity index (χ2v) is 5.70. The summed E-state index contributed by atoms with van der Waals surface area (Å²) in [5.41, 5.74) is 1.16. The first kappa shape index (κ1) is 18.1. The van der Waals surface area contributed by atoms with Gasteiger partial charge in [0.15, 0.2) is 11.5 Å². The predicted octanol–water partition coefficient (Wildman–Crippen LogP) is 3.44. The van der Waals surface area contributed by atoms with Gasteiger partial charge in [-0.05, 0) is 50.6 Å². The van der Waals surface area contributed by atoms with Gasteiger partial charge in [0.05, 0.1) is 19.8 Å². The molecule has 0 saturated heterocycles. The summed E-state index contributed by atoms with van der Waals surface area (Å²) in [7, 11) is 1.66. The molecule has 0 bridgehead atoms. The molecule has 5 heteroatoms. The van der Waals surface area contributed by atoms with Crippen LogP contribution in [0.15, 0.2) is 42.6 Å². The Balaban J connectivity index is 1.70. The molecule has 24 heavy (non-hydrogen) atoms. The second-order valence-electron chi connectivity index (χ2n) is 5.70. The van der Waals surface area contributed by atoms with Gasteiger partial charge in [-0.15, -0.1) is 0 Å². The molecule has 1 N–H and O–H groups in total. The molecular weight excluding hydrogens is 304 g/mol. The van der Waals surface area contributed by atoms with Crippen molar-refractivity contribution in [2.75, 3.05) is 20.3 Å². The quantitative estimate of drug-likeness (QED) is 0.676. The van der Waals surface area contributed by atoms with Crippen LogP contribution in [0.5, 0.6) is 17.4 Å². The minimum absolute atomic E-state index is 0.127. The maximum Gasteiger partial charge on any atom is 0.213 e. The Morgan fingerprint density at radius 1 is 1.12 bits per heavy atom. The molecule has 0 radical (unpaired) electrons. The molecule has 0 atom stereocenters. The van der Waals surface area contributed by atoms with Crippen molar-refractivity contribution >= 4 is 0 Å². The molecule has 0 unspecified atom stereocenters. The number of pyridine rings is 1. The van der Waals surface area contributed by atoms with Crippen LogP contribution in [-0.4, -0.2) is 31.3 Å². The number of methoxy groups -OCH3 is 1. The fourth-order valence-corrected chi connectivity index (χ4v) is 2.21. The molecule has 0 aliphatic carbocycles. The van der Waals surface area contributed by atoms with Crippen LogP contribution in [0.4, 0.5) is 0 Å². The van der Waals surface area contributed by atoms with E-state index in [9.17, 15) is 0 Å². The minimum Gasteiger partial charge on any atom is -0.493 e. The number of rotatable bonds is 10. The fourth-order valence-electron chi connectivity index (χ4n) is 2.21. The number of nitrogens with one attached hydrogen (secondary N) is 1. The van der Waals surface area contributed by atoms with E-state index in [1.807, 2.05) is 44.2 Å². The second kappa shape index (κ2) is 9.78. The van der Waals surface area contributed by atoms with Gasteiger partial charge in [0, 0.05) is 18.8 Å². The summed E-state index contributed by atoms with van der Waals surface area (Å²) in [6.07, 6.45) is 2.78. The first-order chi connectivity index (χ1) is 11.7. The van der Waals surface area contributed by atoms with Gasteiger partial charge in [0.2, 0.25) is 5.88 Å². The molecule has 0 aliphatic rings. The lowest BCUT2D eigenvalue weighted by Crippen LogP contribution is -2.17. The zero-order chi connectivity index (χ0) is 17.2. The molecule has 0 spiro atoms. The highest BCUT2D eigenvalue weighted by molar-refractivity contribution is 5.43. The van der Waals surface area contributed by atoms with Gasteiger partial charge >= 0.3 is 0 Å². The number of ether oxygens (including phenoxy) is 3. The summed E-state index contributed by atoms with van der Waals surface area (Å²) in [6.45, 7) is 6.31. The van der Waals surface area contributed by atoms with Crippen molar-refractivity contribution in [3.8, 4) is 17.4 Å². The molecule has 0 saturated carbocycles. The molecule has 0 fully saturated rings. The molecule has 2 rings (SSSR count). The Labute approximate surface area is 144 Å². The van der Waals surface area contributed by atoms with Gasteiger partial charge in [-0.25, -0.2) is 4.98 Å². The first-order valence-electron chi connectivity index (χ1n) is 8.27. The van der Waals surface area contributed by atoms with Crippen molar-refractivity contribution in [2.24, 2.45) is 0 Å². The number of benzene rings is 1. The average molecular weight is 330 g/mol. The maximum atomic E-state index is 5.72. The summed E-state index contributed by atoms with van der Waals surface area (Å²) in [5.74, 6) is 2.21. The van der Waals surface area contributed by atoms with Gasteiger partial charge in [-0.1, -0.05) is 12.1 Å². The molecular formula is C19H26N2O3. The largest absolute Gasteiger partial charge is 0.493 e. The van der Waals surface area contributed by atoms with Gasteiger partial charge in [-0.2, -0.15) is 0 Å². The predicted molar refractivity (Wildman–Crippen MR) is 94.8 cm³/mol. The van der Waals surface area contributed by atoms with Gasteiger partial charge in [0.25, 0.3) is 0 Å². The van der Waals surface area contributed by atoms with Gasteiger partial charge in [-0.3, -0.25) is 0 Å². The number of hydrogen-bond acceptors (Lipinski definition) is 5. The third-order valence-electron chi connectivity index (χ3n) is 3.31. The molecule has 1 heterocycles. The zero-order valence-electron chi connectivity index (χ0n) is 14.6. The SMILES string of the molecule is COc1cc(CNCCCOc2ccccn2)ccc1OC(C)C. The smallest absolute Gasteiger partial charge is 0.213 e. The van der Waals surface area contributed by atoms with Crippen LogP contribution in [0.1, 0.15) is 25.8 Å². The van der Waals surface area contributed by atoms with Crippen molar-refractivity contribution in [1.82, 2.24) is 10.3 Å². The van der Waals surface area contributed by atoms with Crippen LogP contribution < -0.4 is 19.5 Å². The monoisotopic (exact) mass is 330 g/mol. The Morgan fingerprint density at radius 2 is 2.00 bits per heavy atom. The lowest BCUT2D eigenvalue weighted by atomic mass is 10.2. The molecule has 5 nitrogen and oxygen atoms in total. The Kier molecular flexibility index (Phi) is 7.36. The van der Waals surface area contributed by atoms with Crippen LogP contribution >= 0.6 is 0 Å². The Bertz CT molecular complexity index is 603. The highest BCUT2D eigenvalue weighted by atomic mass is 16.5. The van der Waals surface area contributed by atoms with Crippen molar-refractivity contribution in [2.45, 2.75) is 32.9 Å². The van der Waals surface area contributed by atoms with E-state index in [-0.39, 0.29) is 6.10 Å². The molecule has 1 aromatic carbocycles. The molecule has 0 amide bonds. The Morgan fingerprint density at radius 3 is 2.71 bits per heavy atom. The summed E-state index contributed by atoms with van der Waals surface area (Å²) >= 11 is 0. The Hall–Kier alpha value is -2.27. The van der Waals surface area contributed by atoms with E-state index >= 15 is 0 Å². The number of hydrogen-bond donors (Lipinski definition) is 1. The molecule has 2 aromatic rings. The summed E-state index contributed by atoms with van der Waals surface area (Å²) in [4.78, 5) is 4.12. The van der Waals surface area contributed by atoms with Crippen molar-refractivity contribution in [3.05, 3.63) is 48.2 Å². The van der Waals surface area contributed by atoms with Gasteiger partial charge < -0.3 is 19.5 Å². The fraction of sp³-hybridized carbons (Fsp3) is 0.421. The highest BCUT2D eigenvalue weighted by Crippen LogP contribution is 2.28. The first-order valence-corrected chi connectivity index (χ1v) is 8.27. The molecule has 130 valence electrons. The van der Waals surface area contributed by atoms with E-state index in [2.05, 4.69) is 16.4 Å². The van der Waals surface area contributed by atoms with Crippen LogP contribution in [0.3, 0.4) is 0 Å². The van der Waals surface area contributed by atoms with E-state index in [1.165, 1.54) is 0 Å². The van der Waals surface area contributed by atoms with Crippen LogP contribution in [0.2, 0.25) is 0 Å². The van der Waals surface area contributed by atoms with Crippen LogP contribution in [-0.2, 0) is 6.54 Å². The minimum atomic E-state index is 0.127. The number of aromatic nitrogens is 1. The van der Waals surface area contributed by atoms with E-state index in [0.717, 1.165) is 36.6 Å². The maximum absolute atomic E-state index is 5.72. The van der Waals surface area contributed by atoms with E-state index < -0.39 is 0 Å². The summed E-state index contributed by atoms with van der Waals surface area (Å²) in [5, 5.41) is 3.40. The lowest BCUT2D eigenvalue weighted by Gasteiger charge is -2.14. The number of nitrogens with zero attached hydrogens (tertiary/aromatic N) is 1. The molecule has 0 aliphatic heterocycles. The summed E-state index contributed by atoms with van der Waals surface area (Å²) in [6, 6.07) is 11.7.